The SMILES string of the molecule is O=C(O)C1NCCC1c1ccc2c(c1)OCCCO2. The summed E-state index contributed by atoms with van der Waals surface area (Å²) in [6.07, 6.45) is 1.70. The van der Waals surface area contributed by atoms with E-state index in [1.807, 2.05) is 18.2 Å². The number of carboxylic acid groups (broad SMARTS) is 1. The van der Waals surface area contributed by atoms with Crippen molar-refractivity contribution in [3.05, 3.63) is 23.8 Å². The van der Waals surface area contributed by atoms with Gasteiger partial charge < -0.3 is 19.9 Å². The van der Waals surface area contributed by atoms with Gasteiger partial charge in [-0.2, -0.15) is 0 Å². The predicted molar refractivity (Wildman–Crippen MR) is 68.8 cm³/mol. The third-order valence-corrected chi connectivity index (χ3v) is 3.69. The predicted octanol–water partition coefficient (Wildman–Crippen LogP) is 1.38. The van der Waals surface area contributed by atoms with Crippen molar-refractivity contribution in [2.75, 3.05) is 19.8 Å². The molecule has 0 aromatic heterocycles. The normalized spacial score (nSPS) is 25.9. The molecule has 0 radical (unpaired) electrons. The fourth-order valence-corrected chi connectivity index (χ4v) is 2.73. The molecule has 19 heavy (non-hydrogen) atoms. The second-order valence-corrected chi connectivity index (χ2v) is 4.92. The molecule has 1 aromatic carbocycles. The van der Waals surface area contributed by atoms with Gasteiger partial charge in [-0.1, -0.05) is 6.07 Å². The van der Waals surface area contributed by atoms with E-state index in [0.29, 0.717) is 13.2 Å². The van der Waals surface area contributed by atoms with Gasteiger partial charge in [0, 0.05) is 12.3 Å². The zero-order valence-corrected chi connectivity index (χ0v) is 10.6. The molecule has 0 spiro atoms. The Morgan fingerprint density at radius 3 is 2.84 bits per heavy atom. The van der Waals surface area contributed by atoms with Gasteiger partial charge in [0.25, 0.3) is 0 Å². The molecule has 102 valence electrons. The zero-order valence-electron chi connectivity index (χ0n) is 10.6. The molecule has 2 aliphatic heterocycles. The maximum absolute atomic E-state index is 11.2. The Balaban J connectivity index is 1.89. The number of rotatable bonds is 2. The molecule has 0 saturated carbocycles. The Labute approximate surface area is 111 Å². The summed E-state index contributed by atoms with van der Waals surface area (Å²) in [6, 6.07) is 5.24. The summed E-state index contributed by atoms with van der Waals surface area (Å²) in [5.41, 5.74) is 1.00. The van der Waals surface area contributed by atoms with Crippen LogP contribution < -0.4 is 14.8 Å². The van der Waals surface area contributed by atoms with E-state index in [-0.39, 0.29) is 5.92 Å². The van der Waals surface area contributed by atoms with Crippen LogP contribution in [0.3, 0.4) is 0 Å². The van der Waals surface area contributed by atoms with Crippen molar-refractivity contribution in [1.29, 1.82) is 0 Å². The number of carboxylic acids is 1. The molecule has 5 heteroatoms. The zero-order chi connectivity index (χ0) is 13.2. The van der Waals surface area contributed by atoms with Crippen LogP contribution in [0.5, 0.6) is 11.5 Å². The summed E-state index contributed by atoms with van der Waals surface area (Å²) < 4.78 is 11.2. The van der Waals surface area contributed by atoms with E-state index in [1.165, 1.54) is 0 Å². The molecule has 2 atom stereocenters. The molecule has 1 fully saturated rings. The topological polar surface area (TPSA) is 67.8 Å². The van der Waals surface area contributed by atoms with Crippen LogP contribution >= 0.6 is 0 Å². The highest BCUT2D eigenvalue weighted by Gasteiger charge is 2.34. The summed E-state index contributed by atoms with van der Waals surface area (Å²) in [5.74, 6) is 0.675. The fraction of sp³-hybridized carbons (Fsp3) is 0.500. The van der Waals surface area contributed by atoms with Gasteiger partial charge >= 0.3 is 5.97 Å². The highest BCUT2D eigenvalue weighted by molar-refractivity contribution is 5.75. The summed E-state index contributed by atoms with van der Waals surface area (Å²) in [5, 5.41) is 12.2. The van der Waals surface area contributed by atoms with Crippen molar-refractivity contribution in [3.8, 4) is 11.5 Å². The molecule has 2 aliphatic rings. The third kappa shape index (κ3) is 2.38. The Morgan fingerprint density at radius 2 is 2.05 bits per heavy atom. The van der Waals surface area contributed by atoms with E-state index in [4.69, 9.17) is 9.47 Å². The Kier molecular flexibility index (Phi) is 3.29. The van der Waals surface area contributed by atoms with Crippen LogP contribution in [0, 0.1) is 0 Å². The van der Waals surface area contributed by atoms with Gasteiger partial charge in [-0.05, 0) is 30.7 Å². The molecule has 2 unspecified atom stereocenters. The molecular weight excluding hydrogens is 246 g/mol. The lowest BCUT2D eigenvalue weighted by atomic mass is 9.91. The van der Waals surface area contributed by atoms with Crippen LogP contribution in [0.2, 0.25) is 0 Å². The first-order chi connectivity index (χ1) is 9.25. The number of benzene rings is 1. The third-order valence-electron chi connectivity index (χ3n) is 3.69. The largest absolute Gasteiger partial charge is 0.490 e. The fourth-order valence-electron chi connectivity index (χ4n) is 2.73. The number of hydrogen-bond acceptors (Lipinski definition) is 4. The minimum absolute atomic E-state index is 0.00495. The van der Waals surface area contributed by atoms with Gasteiger partial charge in [0.05, 0.1) is 13.2 Å². The van der Waals surface area contributed by atoms with E-state index in [0.717, 1.165) is 36.4 Å². The van der Waals surface area contributed by atoms with Crippen LogP contribution in [0.15, 0.2) is 18.2 Å². The first-order valence-electron chi connectivity index (χ1n) is 6.61. The summed E-state index contributed by atoms with van der Waals surface area (Å²) in [7, 11) is 0. The van der Waals surface area contributed by atoms with Gasteiger partial charge in [0.1, 0.15) is 6.04 Å². The minimum atomic E-state index is -0.797. The second-order valence-electron chi connectivity index (χ2n) is 4.92. The van der Waals surface area contributed by atoms with Crippen molar-refractivity contribution >= 4 is 5.97 Å². The van der Waals surface area contributed by atoms with Crippen molar-refractivity contribution in [2.45, 2.75) is 24.8 Å². The number of ether oxygens (including phenoxy) is 2. The number of carbonyl (C=O) groups is 1. The minimum Gasteiger partial charge on any atom is -0.490 e. The molecule has 2 heterocycles. The maximum atomic E-state index is 11.2. The van der Waals surface area contributed by atoms with Crippen LogP contribution in [-0.4, -0.2) is 36.9 Å². The first-order valence-corrected chi connectivity index (χ1v) is 6.61. The Morgan fingerprint density at radius 1 is 1.26 bits per heavy atom. The molecule has 1 aromatic rings. The highest BCUT2D eigenvalue weighted by Crippen LogP contribution is 2.36. The van der Waals surface area contributed by atoms with Crippen molar-refractivity contribution in [2.24, 2.45) is 0 Å². The average molecular weight is 263 g/mol. The van der Waals surface area contributed by atoms with E-state index >= 15 is 0 Å². The van der Waals surface area contributed by atoms with Gasteiger partial charge in [-0.3, -0.25) is 4.79 Å². The molecule has 0 bridgehead atoms. The first kappa shape index (κ1) is 12.3. The van der Waals surface area contributed by atoms with E-state index in [2.05, 4.69) is 5.32 Å². The number of fused-ring (bicyclic) bond motifs is 1. The molecular formula is C14H17NO4. The molecule has 0 aliphatic carbocycles. The van der Waals surface area contributed by atoms with Crippen molar-refractivity contribution in [1.82, 2.24) is 5.32 Å². The van der Waals surface area contributed by atoms with E-state index in [9.17, 15) is 9.90 Å². The molecule has 0 amide bonds. The quantitative estimate of drug-likeness (QED) is 0.843. The summed E-state index contributed by atoms with van der Waals surface area (Å²) in [4.78, 5) is 11.2. The Hall–Kier alpha value is -1.75. The van der Waals surface area contributed by atoms with Crippen LogP contribution in [-0.2, 0) is 4.79 Å². The standard InChI is InChI=1S/C14H17NO4/c16-14(17)13-10(4-5-15-13)9-2-3-11-12(8-9)19-7-1-6-18-11/h2-3,8,10,13,15H,1,4-7H2,(H,16,17). The smallest absolute Gasteiger partial charge is 0.321 e. The van der Waals surface area contributed by atoms with Crippen LogP contribution in [0.4, 0.5) is 0 Å². The summed E-state index contributed by atoms with van der Waals surface area (Å²) in [6.45, 7) is 2.03. The van der Waals surface area contributed by atoms with Crippen LogP contribution in [0.1, 0.15) is 24.3 Å². The van der Waals surface area contributed by atoms with Gasteiger partial charge in [-0.15, -0.1) is 0 Å². The highest BCUT2D eigenvalue weighted by atomic mass is 16.5. The number of hydrogen-bond donors (Lipinski definition) is 2. The molecule has 3 rings (SSSR count). The maximum Gasteiger partial charge on any atom is 0.321 e. The van der Waals surface area contributed by atoms with Crippen LogP contribution in [0.25, 0.3) is 0 Å². The van der Waals surface area contributed by atoms with Gasteiger partial charge in [0.15, 0.2) is 11.5 Å². The lowest BCUT2D eigenvalue weighted by Crippen LogP contribution is -2.34. The van der Waals surface area contributed by atoms with E-state index in [1.54, 1.807) is 0 Å². The number of nitrogens with one attached hydrogen (secondary N) is 1. The van der Waals surface area contributed by atoms with Crippen molar-refractivity contribution in [3.63, 3.8) is 0 Å². The lowest BCUT2D eigenvalue weighted by molar-refractivity contribution is -0.139. The molecule has 2 N–H and O–H groups in total. The summed E-state index contributed by atoms with van der Waals surface area (Å²) >= 11 is 0. The van der Waals surface area contributed by atoms with Gasteiger partial charge in [-0.25, -0.2) is 0 Å². The lowest BCUT2D eigenvalue weighted by Gasteiger charge is -2.17. The average Bonchev–Trinajstić information content (AvgIpc) is 2.78. The second kappa shape index (κ2) is 5.09. The molecule has 5 nitrogen and oxygen atoms in total. The number of aliphatic carboxylic acids is 1. The van der Waals surface area contributed by atoms with Crippen molar-refractivity contribution < 1.29 is 19.4 Å². The van der Waals surface area contributed by atoms with E-state index < -0.39 is 12.0 Å². The Bertz CT molecular complexity index is 488. The van der Waals surface area contributed by atoms with Gasteiger partial charge in [0.2, 0.25) is 0 Å². The molecule has 1 saturated heterocycles. The monoisotopic (exact) mass is 263 g/mol.